The number of benzene rings is 2. The smallest absolute Gasteiger partial charge is 0.265 e. The van der Waals surface area contributed by atoms with Crippen LogP contribution < -0.4 is 9.46 Å². The van der Waals surface area contributed by atoms with Gasteiger partial charge in [0.2, 0.25) is 0 Å². The molecule has 106 valence electrons. The summed E-state index contributed by atoms with van der Waals surface area (Å²) in [6, 6.07) is 11.4. The zero-order chi connectivity index (χ0) is 14.8. The Hall–Kier alpha value is -1.72. The van der Waals surface area contributed by atoms with E-state index in [1.165, 1.54) is 7.11 Å². The summed E-state index contributed by atoms with van der Waals surface area (Å²) >= 11 is 5.77. The van der Waals surface area contributed by atoms with Gasteiger partial charge in [-0.2, -0.15) is 0 Å². The molecule has 6 heteroatoms. The van der Waals surface area contributed by atoms with Crippen LogP contribution in [0.25, 0.3) is 0 Å². The van der Waals surface area contributed by atoms with Crippen molar-refractivity contribution in [1.29, 1.82) is 0 Å². The lowest BCUT2D eigenvalue weighted by molar-refractivity contribution is 0.402. The number of hydrogen-bond donors (Lipinski definition) is 1. The molecule has 0 aromatic heterocycles. The molecule has 0 radical (unpaired) electrons. The first-order valence-electron chi connectivity index (χ1n) is 5.85. The normalized spacial score (nSPS) is 11.2. The van der Waals surface area contributed by atoms with Gasteiger partial charge >= 0.3 is 0 Å². The summed E-state index contributed by atoms with van der Waals surface area (Å²) in [5.41, 5.74) is 1.28. The van der Waals surface area contributed by atoms with Crippen molar-refractivity contribution >= 4 is 27.3 Å². The van der Waals surface area contributed by atoms with Gasteiger partial charge in [0, 0.05) is 10.7 Å². The number of halogens is 1. The molecular formula is C14H14ClNO3S. The van der Waals surface area contributed by atoms with E-state index in [0.29, 0.717) is 16.5 Å². The molecule has 0 aliphatic rings. The van der Waals surface area contributed by atoms with E-state index in [-0.39, 0.29) is 4.90 Å². The highest BCUT2D eigenvalue weighted by Gasteiger charge is 2.19. The number of aryl methyl sites for hydroxylation is 1. The van der Waals surface area contributed by atoms with Gasteiger partial charge < -0.3 is 4.74 Å². The van der Waals surface area contributed by atoms with Crippen LogP contribution in [-0.2, 0) is 10.0 Å². The third-order valence-electron chi connectivity index (χ3n) is 2.71. The highest BCUT2D eigenvalue weighted by molar-refractivity contribution is 7.92. The Labute approximate surface area is 123 Å². The van der Waals surface area contributed by atoms with E-state index in [0.717, 1.165) is 5.56 Å². The maximum atomic E-state index is 12.4. The SMILES string of the molecule is COc1ccc(C)cc1S(=O)(=O)Nc1ccc(Cl)cc1. The summed E-state index contributed by atoms with van der Waals surface area (Å²) < 4.78 is 32.4. The van der Waals surface area contributed by atoms with Crippen molar-refractivity contribution in [1.82, 2.24) is 0 Å². The van der Waals surface area contributed by atoms with Gasteiger partial charge in [-0.15, -0.1) is 0 Å². The lowest BCUT2D eigenvalue weighted by Gasteiger charge is -2.12. The Morgan fingerprint density at radius 2 is 1.75 bits per heavy atom. The molecule has 2 rings (SSSR count). The zero-order valence-electron chi connectivity index (χ0n) is 11.1. The fourth-order valence-corrected chi connectivity index (χ4v) is 3.16. The van der Waals surface area contributed by atoms with Crippen LogP contribution in [0.1, 0.15) is 5.56 Å². The predicted molar refractivity (Wildman–Crippen MR) is 80.0 cm³/mol. The van der Waals surface area contributed by atoms with E-state index < -0.39 is 10.0 Å². The molecule has 0 unspecified atom stereocenters. The molecule has 2 aromatic rings. The van der Waals surface area contributed by atoms with Crippen LogP contribution in [0.15, 0.2) is 47.4 Å². The first-order valence-corrected chi connectivity index (χ1v) is 7.71. The van der Waals surface area contributed by atoms with Gasteiger partial charge in [0.05, 0.1) is 7.11 Å². The second-order valence-electron chi connectivity index (χ2n) is 4.27. The molecule has 0 spiro atoms. The van der Waals surface area contributed by atoms with Crippen LogP contribution in [0.5, 0.6) is 5.75 Å². The number of rotatable bonds is 4. The first kappa shape index (κ1) is 14.7. The van der Waals surface area contributed by atoms with Crippen molar-refractivity contribution in [3.8, 4) is 5.75 Å². The van der Waals surface area contributed by atoms with Crippen LogP contribution in [0.4, 0.5) is 5.69 Å². The molecule has 0 saturated heterocycles. The number of methoxy groups -OCH3 is 1. The molecular weight excluding hydrogens is 298 g/mol. The molecule has 0 aliphatic carbocycles. The Morgan fingerprint density at radius 1 is 1.10 bits per heavy atom. The maximum Gasteiger partial charge on any atom is 0.265 e. The van der Waals surface area contributed by atoms with Crippen molar-refractivity contribution < 1.29 is 13.2 Å². The number of sulfonamides is 1. The molecule has 4 nitrogen and oxygen atoms in total. The lowest BCUT2D eigenvalue weighted by atomic mass is 10.2. The van der Waals surface area contributed by atoms with E-state index >= 15 is 0 Å². The van der Waals surface area contributed by atoms with Crippen molar-refractivity contribution in [2.45, 2.75) is 11.8 Å². The third-order valence-corrected chi connectivity index (χ3v) is 4.36. The highest BCUT2D eigenvalue weighted by atomic mass is 35.5. The fraction of sp³-hybridized carbons (Fsp3) is 0.143. The molecule has 0 amide bonds. The van der Waals surface area contributed by atoms with Crippen molar-refractivity contribution in [3.05, 3.63) is 53.1 Å². The Morgan fingerprint density at radius 3 is 2.35 bits per heavy atom. The van der Waals surface area contributed by atoms with Crippen molar-refractivity contribution in [3.63, 3.8) is 0 Å². The van der Waals surface area contributed by atoms with Crippen LogP contribution in [0.3, 0.4) is 0 Å². The minimum absolute atomic E-state index is 0.106. The van der Waals surface area contributed by atoms with Gasteiger partial charge in [0.1, 0.15) is 10.6 Å². The molecule has 0 aliphatic heterocycles. The van der Waals surface area contributed by atoms with Gasteiger partial charge in [0.15, 0.2) is 0 Å². The van der Waals surface area contributed by atoms with Crippen molar-refractivity contribution in [2.24, 2.45) is 0 Å². The van der Waals surface area contributed by atoms with Crippen LogP contribution >= 0.6 is 11.6 Å². The van der Waals surface area contributed by atoms with Gasteiger partial charge in [-0.3, -0.25) is 4.72 Å². The lowest BCUT2D eigenvalue weighted by Crippen LogP contribution is -2.14. The Bertz CT molecular complexity index is 712. The van der Waals surface area contributed by atoms with E-state index in [4.69, 9.17) is 16.3 Å². The first-order chi connectivity index (χ1) is 9.42. The monoisotopic (exact) mass is 311 g/mol. The van der Waals surface area contributed by atoms with E-state index in [9.17, 15) is 8.42 Å². The predicted octanol–water partition coefficient (Wildman–Crippen LogP) is 3.46. The van der Waals surface area contributed by atoms with Crippen LogP contribution in [0.2, 0.25) is 5.02 Å². The number of hydrogen-bond acceptors (Lipinski definition) is 3. The average molecular weight is 312 g/mol. The summed E-state index contributed by atoms with van der Waals surface area (Å²) in [5.74, 6) is 0.303. The quantitative estimate of drug-likeness (QED) is 0.940. The molecule has 1 N–H and O–H groups in total. The molecule has 0 fully saturated rings. The van der Waals surface area contributed by atoms with Gasteiger partial charge in [-0.25, -0.2) is 8.42 Å². The largest absolute Gasteiger partial charge is 0.495 e. The molecule has 2 aromatic carbocycles. The van der Waals surface area contributed by atoms with Gasteiger partial charge in [0.25, 0.3) is 10.0 Å². The molecule has 0 saturated carbocycles. The third kappa shape index (κ3) is 3.23. The Balaban J connectivity index is 2.40. The summed E-state index contributed by atoms with van der Waals surface area (Å²) in [6.45, 7) is 1.82. The van der Waals surface area contributed by atoms with Crippen molar-refractivity contribution in [2.75, 3.05) is 11.8 Å². The fourth-order valence-electron chi connectivity index (χ4n) is 1.72. The summed E-state index contributed by atoms with van der Waals surface area (Å²) in [5, 5.41) is 0.543. The Kier molecular flexibility index (Phi) is 4.20. The molecule has 0 heterocycles. The maximum absolute atomic E-state index is 12.4. The average Bonchev–Trinajstić information content (AvgIpc) is 2.41. The standard InChI is InChI=1S/C14H14ClNO3S/c1-10-3-8-13(19-2)14(9-10)20(17,18)16-12-6-4-11(15)5-7-12/h3-9,16H,1-2H3. The van der Waals surface area contributed by atoms with E-state index in [2.05, 4.69) is 4.72 Å². The van der Waals surface area contributed by atoms with Crippen LogP contribution in [0, 0.1) is 6.92 Å². The summed E-state index contributed by atoms with van der Waals surface area (Å²) in [7, 11) is -2.27. The topological polar surface area (TPSA) is 55.4 Å². The summed E-state index contributed by atoms with van der Waals surface area (Å²) in [6.07, 6.45) is 0. The van der Waals surface area contributed by atoms with E-state index in [1.54, 1.807) is 42.5 Å². The molecule has 20 heavy (non-hydrogen) atoms. The minimum atomic E-state index is -3.71. The number of nitrogens with one attached hydrogen (secondary N) is 1. The number of ether oxygens (including phenoxy) is 1. The molecule has 0 bridgehead atoms. The van der Waals surface area contributed by atoms with Gasteiger partial charge in [-0.05, 0) is 48.9 Å². The molecule has 0 atom stereocenters. The number of anilines is 1. The van der Waals surface area contributed by atoms with Gasteiger partial charge in [-0.1, -0.05) is 17.7 Å². The second kappa shape index (κ2) is 5.73. The second-order valence-corrected chi connectivity index (χ2v) is 6.35. The van der Waals surface area contributed by atoms with E-state index in [1.807, 2.05) is 6.92 Å². The minimum Gasteiger partial charge on any atom is -0.495 e. The zero-order valence-corrected chi connectivity index (χ0v) is 12.6. The summed E-state index contributed by atoms with van der Waals surface area (Å²) in [4.78, 5) is 0.106. The highest BCUT2D eigenvalue weighted by Crippen LogP contribution is 2.27. The van der Waals surface area contributed by atoms with Crippen LogP contribution in [-0.4, -0.2) is 15.5 Å².